The van der Waals surface area contributed by atoms with Crippen LogP contribution in [0.15, 0.2) is 97.2 Å². The number of hydrogen-bond donors (Lipinski definition) is 3. The highest BCUT2D eigenvalue weighted by molar-refractivity contribution is 6.08. The topological polar surface area (TPSA) is 114 Å². The van der Waals surface area contributed by atoms with Crippen LogP contribution in [0, 0.1) is 0 Å². The van der Waals surface area contributed by atoms with Crippen LogP contribution in [0.1, 0.15) is 47.8 Å². The van der Waals surface area contributed by atoms with E-state index in [1.165, 1.54) is 24.3 Å². The molecule has 0 aliphatic rings. The summed E-state index contributed by atoms with van der Waals surface area (Å²) in [6.07, 6.45) is -2.69. The molecule has 212 valence electrons. The number of aromatic carboxylic acids is 1. The molecule has 0 radical (unpaired) electrons. The summed E-state index contributed by atoms with van der Waals surface area (Å²) >= 11 is 0. The molecule has 4 aromatic carbocycles. The van der Waals surface area contributed by atoms with Crippen LogP contribution in [0.25, 0.3) is 22.0 Å². The third kappa shape index (κ3) is 6.02. The van der Waals surface area contributed by atoms with Gasteiger partial charge in [0.05, 0.1) is 22.2 Å². The minimum absolute atomic E-state index is 0.124. The van der Waals surface area contributed by atoms with Gasteiger partial charge < -0.3 is 20.7 Å². The maximum absolute atomic E-state index is 13.6. The lowest BCUT2D eigenvalue weighted by molar-refractivity contribution is -0.137. The SMILES string of the molecule is NC(=O)c1cccc(-c2cc(C(=O)NCc3ccc(C(=O)O)cc3)c3c(ccn3Cc3ccc(C(F)(F)F)cc3)c2)c1. The van der Waals surface area contributed by atoms with E-state index >= 15 is 0 Å². The molecule has 5 rings (SSSR count). The molecule has 1 heterocycles. The van der Waals surface area contributed by atoms with Gasteiger partial charge in [0.2, 0.25) is 5.91 Å². The van der Waals surface area contributed by atoms with Gasteiger partial charge in [-0.3, -0.25) is 9.59 Å². The van der Waals surface area contributed by atoms with Crippen molar-refractivity contribution in [3.63, 3.8) is 0 Å². The van der Waals surface area contributed by atoms with Gasteiger partial charge in [-0.25, -0.2) is 4.79 Å². The summed E-state index contributed by atoms with van der Waals surface area (Å²) in [7, 11) is 0. The number of halogens is 3. The summed E-state index contributed by atoms with van der Waals surface area (Å²) in [6, 6.07) is 23.0. The van der Waals surface area contributed by atoms with Gasteiger partial charge in [0.25, 0.3) is 5.91 Å². The number of benzene rings is 4. The van der Waals surface area contributed by atoms with Crippen molar-refractivity contribution in [1.29, 1.82) is 0 Å². The predicted octanol–water partition coefficient (Wildman–Crippen LogP) is 6.10. The summed E-state index contributed by atoms with van der Waals surface area (Å²) in [5.41, 5.74) is 8.66. The number of amides is 2. The van der Waals surface area contributed by atoms with Gasteiger partial charge in [0, 0.05) is 30.2 Å². The van der Waals surface area contributed by atoms with Crippen molar-refractivity contribution in [3.05, 3.63) is 131 Å². The molecule has 0 spiro atoms. The molecule has 42 heavy (non-hydrogen) atoms. The van der Waals surface area contributed by atoms with E-state index in [0.29, 0.717) is 44.3 Å². The van der Waals surface area contributed by atoms with Crippen molar-refractivity contribution in [2.75, 3.05) is 0 Å². The zero-order chi connectivity index (χ0) is 30.0. The summed E-state index contributed by atoms with van der Waals surface area (Å²) in [4.78, 5) is 36.5. The minimum Gasteiger partial charge on any atom is -0.478 e. The summed E-state index contributed by atoms with van der Waals surface area (Å²) in [5, 5.41) is 12.7. The number of carbonyl (C=O) groups excluding carboxylic acids is 2. The van der Waals surface area contributed by atoms with Gasteiger partial charge >= 0.3 is 12.1 Å². The number of carboxylic acid groups (broad SMARTS) is 1. The Morgan fingerprint density at radius 2 is 1.50 bits per heavy atom. The molecule has 0 unspecified atom stereocenters. The monoisotopic (exact) mass is 571 g/mol. The molecule has 10 heteroatoms. The highest BCUT2D eigenvalue weighted by Crippen LogP contribution is 2.32. The minimum atomic E-state index is -4.44. The summed E-state index contributed by atoms with van der Waals surface area (Å²) in [5.74, 6) is -2.06. The molecule has 2 amide bonds. The Balaban J connectivity index is 1.52. The number of nitrogens with one attached hydrogen (secondary N) is 1. The average molecular weight is 572 g/mol. The number of carbonyl (C=O) groups is 3. The fourth-order valence-corrected chi connectivity index (χ4v) is 4.71. The Morgan fingerprint density at radius 3 is 2.14 bits per heavy atom. The fourth-order valence-electron chi connectivity index (χ4n) is 4.71. The van der Waals surface area contributed by atoms with Crippen LogP contribution < -0.4 is 11.1 Å². The van der Waals surface area contributed by atoms with Crippen LogP contribution in [0.4, 0.5) is 13.2 Å². The molecule has 0 fully saturated rings. The van der Waals surface area contributed by atoms with Gasteiger partial charge in [0.1, 0.15) is 0 Å². The number of aromatic nitrogens is 1. The van der Waals surface area contributed by atoms with E-state index < -0.39 is 29.5 Å². The third-order valence-electron chi connectivity index (χ3n) is 6.87. The van der Waals surface area contributed by atoms with Crippen molar-refractivity contribution in [2.24, 2.45) is 5.73 Å². The first-order valence-electron chi connectivity index (χ1n) is 12.8. The molecule has 5 aromatic rings. The lowest BCUT2D eigenvalue weighted by Gasteiger charge is -2.14. The number of nitrogens with two attached hydrogens (primary N) is 1. The van der Waals surface area contributed by atoms with E-state index in [9.17, 15) is 27.6 Å². The molecule has 1 aromatic heterocycles. The number of carboxylic acids is 1. The van der Waals surface area contributed by atoms with Crippen LogP contribution in [-0.2, 0) is 19.3 Å². The first kappa shape index (κ1) is 28.2. The Bertz CT molecular complexity index is 1810. The predicted molar refractivity (Wildman–Crippen MR) is 151 cm³/mol. The lowest BCUT2D eigenvalue weighted by atomic mass is 9.98. The molecular formula is C32H24F3N3O4. The second-order valence-corrected chi connectivity index (χ2v) is 9.73. The van der Waals surface area contributed by atoms with E-state index in [4.69, 9.17) is 10.8 Å². The lowest BCUT2D eigenvalue weighted by Crippen LogP contribution is -2.23. The van der Waals surface area contributed by atoms with Gasteiger partial charge in [-0.2, -0.15) is 13.2 Å². The van der Waals surface area contributed by atoms with Crippen molar-refractivity contribution in [2.45, 2.75) is 19.3 Å². The van der Waals surface area contributed by atoms with Crippen LogP contribution in [0.3, 0.4) is 0 Å². The first-order chi connectivity index (χ1) is 20.0. The number of fused-ring (bicyclic) bond motifs is 1. The Labute approximate surface area is 238 Å². The van der Waals surface area contributed by atoms with Gasteiger partial charge in [0.15, 0.2) is 0 Å². The van der Waals surface area contributed by atoms with E-state index in [0.717, 1.165) is 12.1 Å². The first-order valence-corrected chi connectivity index (χ1v) is 12.8. The molecular weight excluding hydrogens is 547 g/mol. The second-order valence-electron chi connectivity index (χ2n) is 9.73. The van der Waals surface area contributed by atoms with Crippen LogP contribution in [-0.4, -0.2) is 27.5 Å². The molecule has 7 nitrogen and oxygen atoms in total. The molecule has 0 aliphatic carbocycles. The highest BCUT2D eigenvalue weighted by Gasteiger charge is 2.30. The van der Waals surface area contributed by atoms with E-state index in [-0.39, 0.29) is 18.7 Å². The molecule has 0 bridgehead atoms. The van der Waals surface area contributed by atoms with Crippen molar-refractivity contribution in [1.82, 2.24) is 9.88 Å². The van der Waals surface area contributed by atoms with E-state index in [1.807, 2.05) is 12.1 Å². The Morgan fingerprint density at radius 1 is 0.810 bits per heavy atom. The van der Waals surface area contributed by atoms with Crippen molar-refractivity contribution < 1.29 is 32.7 Å². The third-order valence-corrected chi connectivity index (χ3v) is 6.87. The quantitative estimate of drug-likeness (QED) is 0.209. The van der Waals surface area contributed by atoms with Crippen molar-refractivity contribution in [3.8, 4) is 11.1 Å². The largest absolute Gasteiger partial charge is 0.478 e. The number of hydrogen-bond acceptors (Lipinski definition) is 3. The standard InChI is InChI=1S/C32H24F3N3O4/c33-32(34,35)26-10-6-20(7-11-26)18-38-13-12-23-15-25(22-2-1-3-24(14-22)29(36)39)16-27(28(23)38)30(40)37-17-19-4-8-21(9-5-19)31(41)42/h1-16H,17-18H2,(H2,36,39)(H,37,40)(H,41,42). The highest BCUT2D eigenvalue weighted by atomic mass is 19.4. The van der Waals surface area contributed by atoms with Gasteiger partial charge in [-0.05, 0) is 76.9 Å². The number of rotatable bonds is 8. The van der Waals surface area contributed by atoms with Crippen LogP contribution >= 0.6 is 0 Å². The Kier molecular flexibility index (Phi) is 7.54. The van der Waals surface area contributed by atoms with E-state index in [1.54, 1.807) is 53.2 Å². The molecule has 0 saturated carbocycles. The molecule has 4 N–H and O–H groups in total. The number of primary amides is 1. The zero-order valence-corrected chi connectivity index (χ0v) is 22.0. The second kappa shape index (κ2) is 11.2. The smallest absolute Gasteiger partial charge is 0.416 e. The molecule has 0 atom stereocenters. The normalized spacial score (nSPS) is 11.4. The van der Waals surface area contributed by atoms with Crippen molar-refractivity contribution >= 4 is 28.7 Å². The summed E-state index contributed by atoms with van der Waals surface area (Å²) < 4.78 is 40.9. The molecule has 0 saturated heterocycles. The maximum Gasteiger partial charge on any atom is 0.416 e. The van der Waals surface area contributed by atoms with Gasteiger partial charge in [-0.15, -0.1) is 0 Å². The van der Waals surface area contributed by atoms with Crippen LogP contribution in [0.5, 0.6) is 0 Å². The maximum atomic E-state index is 13.6. The molecule has 0 aliphatic heterocycles. The zero-order valence-electron chi connectivity index (χ0n) is 22.0. The fraction of sp³-hybridized carbons (Fsp3) is 0.0938. The summed E-state index contributed by atoms with van der Waals surface area (Å²) in [6.45, 7) is 0.344. The van der Waals surface area contributed by atoms with Gasteiger partial charge in [-0.1, -0.05) is 36.4 Å². The number of alkyl halides is 3. The number of nitrogens with zero attached hydrogens (tertiary/aromatic N) is 1. The Hall–Kier alpha value is -5.38. The van der Waals surface area contributed by atoms with Crippen LogP contribution in [0.2, 0.25) is 0 Å². The van der Waals surface area contributed by atoms with E-state index in [2.05, 4.69) is 5.32 Å². The average Bonchev–Trinajstić information content (AvgIpc) is 3.38.